The largest absolute Gasteiger partial charge is 0.496 e. The first kappa shape index (κ1) is 18.5. The van der Waals surface area contributed by atoms with E-state index in [2.05, 4.69) is 10.5 Å². The normalized spacial score (nSPS) is 13.3. The number of hydrogen-bond acceptors (Lipinski definition) is 5. The minimum Gasteiger partial charge on any atom is -0.496 e. The molecular weight excluding hydrogens is 352 g/mol. The second kappa shape index (κ2) is 8.30. The maximum Gasteiger partial charge on any atom is 0.241 e. The number of benzene rings is 1. The number of anilines is 1. The van der Waals surface area contributed by atoms with Crippen LogP contribution in [0.5, 0.6) is 5.75 Å². The van der Waals surface area contributed by atoms with Gasteiger partial charge >= 0.3 is 0 Å². The smallest absolute Gasteiger partial charge is 0.241 e. The lowest BCUT2D eigenvalue weighted by Gasteiger charge is -2.15. The van der Waals surface area contributed by atoms with E-state index in [1.165, 1.54) is 7.11 Å². The van der Waals surface area contributed by atoms with Gasteiger partial charge in [-0.1, -0.05) is 23.7 Å². The SMILES string of the molecule is CC[C@@H](C(=O)Nc1cc(C)on1)[S@@](=O)Cc1cc(Cl)ccc1OC. The highest BCUT2D eigenvalue weighted by atomic mass is 35.5. The summed E-state index contributed by atoms with van der Waals surface area (Å²) in [5.74, 6) is 1.31. The van der Waals surface area contributed by atoms with Crippen molar-refractivity contribution in [3.63, 3.8) is 0 Å². The van der Waals surface area contributed by atoms with Gasteiger partial charge in [-0.25, -0.2) is 0 Å². The molecule has 130 valence electrons. The van der Waals surface area contributed by atoms with Crippen molar-refractivity contribution >= 4 is 34.1 Å². The summed E-state index contributed by atoms with van der Waals surface area (Å²) in [5, 5.41) is 6.19. The Morgan fingerprint density at radius 2 is 2.21 bits per heavy atom. The number of carbonyl (C=O) groups is 1. The third-order valence-corrected chi connectivity index (χ3v) is 5.41. The quantitative estimate of drug-likeness (QED) is 0.808. The molecule has 0 aliphatic heterocycles. The standard InChI is InChI=1S/C16H19ClN2O4S/c1-4-14(16(20)18-15-7-10(2)23-19-15)24(21)9-11-8-12(17)5-6-13(11)22-3/h5-8,14H,4,9H2,1-3H3,(H,18,19,20)/t14-,24-/m0/s1. The van der Waals surface area contributed by atoms with Gasteiger partial charge in [0.2, 0.25) is 5.91 Å². The summed E-state index contributed by atoms with van der Waals surface area (Å²) < 4.78 is 22.8. The monoisotopic (exact) mass is 370 g/mol. The zero-order chi connectivity index (χ0) is 17.7. The Hall–Kier alpha value is -1.86. The molecule has 0 spiro atoms. The summed E-state index contributed by atoms with van der Waals surface area (Å²) in [6, 6.07) is 6.72. The lowest BCUT2D eigenvalue weighted by Crippen LogP contribution is -2.32. The molecule has 1 amide bonds. The zero-order valence-corrected chi connectivity index (χ0v) is 15.2. The second-order valence-corrected chi connectivity index (χ2v) is 7.25. The van der Waals surface area contributed by atoms with Gasteiger partial charge in [0.1, 0.15) is 16.8 Å². The topological polar surface area (TPSA) is 81.4 Å². The van der Waals surface area contributed by atoms with Crippen LogP contribution in [0, 0.1) is 6.92 Å². The lowest BCUT2D eigenvalue weighted by atomic mass is 10.2. The number of methoxy groups -OCH3 is 1. The molecule has 1 aromatic heterocycles. The first-order chi connectivity index (χ1) is 11.4. The molecule has 6 nitrogen and oxygen atoms in total. The van der Waals surface area contributed by atoms with Crippen LogP contribution in [0.1, 0.15) is 24.7 Å². The van der Waals surface area contributed by atoms with Gasteiger partial charge in [-0.15, -0.1) is 0 Å². The molecule has 0 bridgehead atoms. The predicted molar refractivity (Wildman–Crippen MR) is 93.8 cm³/mol. The molecule has 0 radical (unpaired) electrons. The van der Waals surface area contributed by atoms with Crippen molar-refractivity contribution in [3.8, 4) is 5.75 Å². The number of aryl methyl sites for hydroxylation is 1. The van der Waals surface area contributed by atoms with Crippen molar-refractivity contribution in [1.29, 1.82) is 0 Å². The minimum absolute atomic E-state index is 0.174. The van der Waals surface area contributed by atoms with E-state index in [0.717, 1.165) is 0 Å². The Kier molecular flexibility index (Phi) is 6.39. The molecule has 2 aromatic rings. The molecule has 1 N–H and O–H groups in total. The molecule has 2 rings (SSSR count). The zero-order valence-electron chi connectivity index (χ0n) is 13.7. The summed E-state index contributed by atoms with van der Waals surface area (Å²) in [6.07, 6.45) is 0.429. The summed E-state index contributed by atoms with van der Waals surface area (Å²) >= 11 is 5.99. The highest BCUT2D eigenvalue weighted by Gasteiger charge is 2.25. The molecule has 24 heavy (non-hydrogen) atoms. The van der Waals surface area contributed by atoms with E-state index in [4.69, 9.17) is 20.9 Å². The van der Waals surface area contributed by atoms with Crippen LogP contribution >= 0.6 is 11.6 Å². The fourth-order valence-electron chi connectivity index (χ4n) is 2.24. The van der Waals surface area contributed by atoms with Crippen LogP contribution in [-0.2, 0) is 21.3 Å². The summed E-state index contributed by atoms with van der Waals surface area (Å²) in [5.41, 5.74) is 0.701. The number of ether oxygens (including phenoxy) is 1. The molecule has 0 saturated heterocycles. The number of nitrogens with zero attached hydrogens (tertiary/aromatic N) is 1. The van der Waals surface area contributed by atoms with E-state index >= 15 is 0 Å². The number of rotatable bonds is 7. The third-order valence-electron chi connectivity index (χ3n) is 3.40. The molecule has 1 aromatic carbocycles. The van der Waals surface area contributed by atoms with Crippen LogP contribution in [0.4, 0.5) is 5.82 Å². The Morgan fingerprint density at radius 1 is 1.46 bits per heavy atom. The summed E-state index contributed by atoms with van der Waals surface area (Å²) in [7, 11) is 0.0993. The van der Waals surface area contributed by atoms with Crippen molar-refractivity contribution < 1.29 is 18.3 Å². The first-order valence-corrected chi connectivity index (χ1v) is 9.14. The third kappa shape index (κ3) is 4.58. The highest BCUT2D eigenvalue weighted by Crippen LogP contribution is 2.25. The van der Waals surface area contributed by atoms with Gasteiger partial charge < -0.3 is 14.6 Å². The molecule has 0 fully saturated rings. The molecule has 2 atom stereocenters. The van der Waals surface area contributed by atoms with Gasteiger partial charge in [-0.3, -0.25) is 9.00 Å². The van der Waals surface area contributed by atoms with Gasteiger partial charge in [0, 0.05) is 27.5 Å². The molecule has 0 aliphatic rings. The van der Waals surface area contributed by atoms with Crippen molar-refractivity contribution in [2.75, 3.05) is 12.4 Å². The molecular formula is C16H19ClN2O4S. The summed E-state index contributed by atoms with van der Waals surface area (Å²) in [6.45, 7) is 3.54. The Morgan fingerprint density at radius 3 is 2.79 bits per heavy atom. The van der Waals surface area contributed by atoms with Crippen LogP contribution in [0.15, 0.2) is 28.8 Å². The van der Waals surface area contributed by atoms with Crippen molar-refractivity contribution in [1.82, 2.24) is 5.16 Å². The first-order valence-electron chi connectivity index (χ1n) is 7.38. The summed E-state index contributed by atoms with van der Waals surface area (Å²) in [4.78, 5) is 12.4. The number of nitrogens with one attached hydrogen (secondary N) is 1. The number of carbonyl (C=O) groups excluding carboxylic acids is 1. The molecule has 0 saturated carbocycles. The maximum atomic E-state index is 12.7. The van der Waals surface area contributed by atoms with Crippen molar-refractivity contribution in [3.05, 3.63) is 40.6 Å². The van der Waals surface area contributed by atoms with Gasteiger partial charge in [0.15, 0.2) is 5.82 Å². The molecule has 1 heterocycles. The average molecular weight is 371 g/mol. The van der Waals surface area contributed by atoms with Gasteiger partial charge in [0.25, 0.3) is 0 Å². The molecule has 0 unspecified atom stereocenters. The molecule has 8 heteroatoms. The van der Waals surface area contributed by atoms with Gasteiger partial charge in [0.05, 0.1) is 12.9 Å². The second-order valence-electron chi connectivity index (χ2n) is 5.19. The Bertz CT molecular complexity index is 747. The van der Waals surface area contributed by atoms with Crippen LogP contribution in [0.25, 0.3) is 0 Å². The average Bonchev–Trinajstić information content (AvgIpc) is 2.93. The van der Waals surface area contributed by atoms with Gasteiger partial charge in [-0.2, -0.15) is 0 Å². The van der Waals surface area contributed by atoms with Crippen molar-refractivity contribution in [2.45, 2.75) is 31.3 Å². The van der Waals surface area contributed by atoms with E-state index in [1.807, 2.05) is 6.92 Å². The number of amides is 1. The van der Waals surface area contributed by atoms with Crippen LogP contribution in [0.2, 0.25) is 5.02 Å². The predicted octanol–water partition coefficient (Wildman–Crippen LogP) is 3.31. The fourth-order valence-corrected chi connectivity index (χ4v) is 3.83. The number of halogens is 1. The maximum absolute atomic E-state index is 12.7. The number of hydrogen-bond donors (Lipinski definition) is 1. The number of aromatic nitrogens is 1. The Balaban J connectivity index is 2.11. The van der Waals surface area contributed by atoms with Crippen LogP contribution < -0.4 is 10.1 Å². The van der Waals surface area contributed by atoms with E-state index in [-0.39, 0.29) is 11.7 Å². The lowest BCUT2D eigenvalue weighted by molar-refractivity contribution is -0.115. The van der Waals surface area contributed by atoms with E-state index in [9.17, 15) is 9.00 Å². The highest BCUT2D eigenvalue weighted by molar-refractivity contribution is 7.85. The van der Waals surface area contributed by atoms with Gasteiger partial charge in [-0.05, 0) is 31.5 Å². The molecule has 0 aliphatic carbocycles. The van der Waals surface area contributed by atoms with E-state index < -0.39 is 16.0 Å². The fraction of sp³-hybridized carbons (Fsp3) is 0.375. The van der Waals surface area contributed by atoms with Crippen LogP contribution in [0.3, 0.4) is 0 Å². The Labute approximate surface area is 148 Å². The van der Waals surface area contributed by atoms with E-state index in [0.29, 0.717) is 34.3 Å². The van der Waals surface area contributed by atoms with Crippen LogP contribution in [-0.4, -0.2) is 27.6 Å². The van der Waals surface area contributed by atoms with E-state index in [1.54, 1.807) is 31.2 Å². The minimum atomic E-state index is -1.43. The van der Waals surface area contributed by atoms with Crippen molar-refractivity contribution in [2.24, 2.45) is 0 Å².